The number of carbonyl (C=O) groups excluding carboxylic acids is 7. The van der Waals surface area contributed by atoms with Crippen LogP contribution in [0.1, 0.15) is 61.3 Å². The molecular weight excluding hydrogens is 1080 g/mol. The van der Waals surface area contributed by atoms with E-state index in [1.54, 1.807) is 0 Å². The van der Waals surface area contributed by atoms with Gasteiger partial charge in [-0.15, -0.1) is 0 Å². The van der Waals surface area contributed by atoms with E-state index in [2.05, 4.69) is 47.8 Å². The molecule has 0 heterocycles. The molecule has 19 heteroatoms. The van der Waals surface area contributed by atoms with Crippen LogP contribution in [0, 0.1) is 10.7 Å². The van der Waals surface area contributed by atoms with Crippen molar-refractivity contribution in [1.29, 1.82) is 0 Å². The lowest BCUT2D eigenvalue weighted by Crippen LogP contribution is -2.40. The number of hydrogen-bond acceptors (Lipinski definition) is 11. The number of esters is 4. The predicted octanol–water partition coefficient (Wildman–Crippen LogP) is 3.83. The fourth-order valence-corrected chi connectivity index (χ4v) is 8.69. The molecule has 3 atom stereocenters. The van der Waals surface area contributed by atoms with Gasteiger partial charge in [-0.05, 0) is 80.6 Å². The summed E-state index contributed by atoms with van der Waals surface area (Å²) in [5, 5.41) is 8.79. The highest BCUT2D eigenvalue weighted by atomic mass is 127. The maximum Gasteiger partial charge on any atom is 0.303 e. The number of alkyl halides is 2. The van der Waals surface area contributed by atoms with Gasteiger partial charge in [0.05, 0.1) is 41.9 Å². The van der Waals surface area contributed by atoms with Gasteiger partial charge in [0.1, 0.15) is 13.2 Å². The van der Waals surface area contributed by atoms with Crippen LogP contribution in [0.15, 0.2) is 0 Å². The van der Waals surface area contributed by atoms with Gasteiger partial charge in [-0.2, -0.15) is 0 Å². The Morgan fingerprint density at radius 1 is 0.696 bits per heavy atom. The highest BCUT2D eigenvalue weighted by Gasteiger charge is 2.30. The number of hydrogen-bond donors (Lipinski definition) is 3. The first-order valence-electron chi connectivity index (χ1n) is 13.4. The van der Waals surface area contributed by atoms with Crippen LogP contribution < -0.4 is 16.0 Å². The first-order chi connectivity index (χ1) is 21.5. The van der Waals surface area contributed by atoms with E-state index in [-0.39, 0.29) is 46.7 Å². The Labute approximate surface area is 323 Å². The first kappa shape index (κ1) is 42.7. The van der Waals surface area contributed by atoms with Crippen molar-refractivity contribution in [1.82, 2.24) is 10.6 Å². The monoisotopic (exact) mass is 1110 g/mol. The van der Waals surface area contributed by atoms with Crippen molar-refractivity contribution in [3.05, 3.63) is 21.8 Å². The summed E-state index contributed by atoms with van der Waals surface area (Å²) in [6.45, 7) is 3.63. The second-order valence-corrected chi connectivity index (χ2v) is 14.5. The van der Waals surface area contributed by atoms with Crippen molar-refractivity contribution in [2.75, 3.05) is 37.0 Å². The van der Waals surface area contributed by atoms with Crippen molar-refractivity contribution in [3.63, 3.8) is 0 Å². The molecule has 0 saturated heterocycles. The molecule has 0 spiro atoms. The molecular formula is C27H32Br2I3N3O11. The minimum Gasteiger partial charge on any atom is -0.462 e. The fraction of sp³-hybridized carbons (Fsp3) is 0.519. The van der Waals surface area contributed by atoms with Crippen molar-refractivity contribution < 1.29 is 52.5 Å². The molecule has 0 saturated carbocycles. The third-order valence-corrected chi connectivity index (χ3v) is 10.2. The zero-order valence-electron chi connectivity index (χ0n) is 25.1. The van der Waals surface area contributed by atoms with Gasteiger partial charge in [0.2, 0.25) is 5.91 Å². The van der Waals surface area contributed by atoms with Crippen LogP contribution in [0.5, 0.6) is 0 Å². The lowest BCUT2D eigenvalue weighted by molar-refractivity contribution is -0.155. The number of benzene rings is 1. The minimum atomic E-state index is -0.995. The first-order valence-corrected chi connectivity index (χ1v) is 18.7. The average molecular weight is 1120 g/mol. The van der Waals surface area contributed by atoms with E-state index in [4.69, 9.17) is 18.9 Å². The Hall–Kier alpha value is -1.34. The number of ether oxygens (including phenoxy) is 4. The van der Waals surface area contributed by atoms with Crippen LogP contribution in [-0.4, -0.2) is 90.3 Å². The molecule has 3 unspecified atom stereocenters. The maximum atomic E-state index is 13.6. The van der Waals surface area contributed by atoms with Crippen LogP contribution in [0.4, 0.5) is 5.69 Å². The summed E-state index contributed by atoms with van der Waals surface area (Å²) in [4.78, 5) is 85.5. The molecule has 0 bridgehead atoms. The van der Waals surface area contributed by atoms with E-state index < -0.39 is 58.6 Å². The normalized spacial score (nSPS) is 12.5. The zero-order valence-corrected chi connectivity index (χ0v) is 34.7. The third-order valence-electron chi connectivity index (χ3n) is 5.49. The Bertz CT molecular complexity index is 1250. The lowest BCUT2D eigenvalue weighted by atomic mass is 10.1. The van der Waals surface area contributed by atoms with Gasteiger partial charge in [-0.1, -0.05) is 31.9 Å². The number of nitrogens with one attached hydrogen (secondary N) is 3. The molecule has 1 aromatic rings. The maximum absolute atomic E-state index is 13.6. The van der Waals surface area contributed by atoms with Crippen LogP contribution in [-0.2, 0) is 42.9 Å². The summed E-state index contributed by atoms with van der Waals surface area (Å²) < 4.78 is 21.0. The Kier molecular flexibility index (Phi) is 20.0. The third kappa shape index (κ3) is 14.8. The summed E-state index contributed by atoms with van der Waals surface area (Å²) in [5.41, 5.74) is 0.288. The van der Waals surface area contributed by atoms with Crippen molar-refractivity contribution >= 4 is 147 Å². The van der Waals surface area contributed by atoms with Gasteiger partial charge in [0.25, 0.3) is 11.8 Å². The van der Waals surface area contributed by atoms with E-state index >= 15 is 0 Å². The van der Waals surface area contributed by atoms with Gasteiger partial charge >= 0.3 is 23.9 Å². The molecule has 14 nitrogen and oxygen atoms in total. The quantitative estimate of drug-likeness (QED) is 0.0890. The largest absolute Gasteiger partial charge is 0.462 e. The molecule has 0 radical (unpaired) electrons. The predicted molar refractivity (Wildman–Crippen MR) is 198 cm³/mol. The number of rotatable bonds is 17. The molecule has 1 rings (SSSR count). The standard InChI is InChI=1S/C27H32Br2I3N3O11/c1-12(36)43-10-16(45-14(3)38)8-33-26(41)19-21(30)20(27(42)34-9-17(46-15(4)39)11-44-13(2)37)23(32)24(22(19)31)35-25(40)18(29)6-5-7-28/h16-18H,5-11H2,1-4H3,(H,33,41)(H,34,42)(H,35,40). The summed E-state index contributed by atoms with van der Waals surface area (Å²) in [7, 11) is 0. The van der Waals surface area contributed by atoms with Gasteiger partial charge in [-0.3, -0.25) is 33.6 Å². The van der Waals surface area contributed by atoms with Gasteiger partial charge in [-0.25, -0.2) is 0 Å². The summed E-state index contributed by atoms with van der Waals surface area (Å²) in [6.07, 6.45) is -0.773. The van der Waals surface area contributed by atoms with Crippen molar-refractivity contribution in [2.24, 2.45) is 0 Å². The number of anilines is 1. The van der Waals surface area contributed by atoms with Crippen molar-refractivity contribution in [2.45, 2.75) is 57.6 Å². The van der Waals surface area contributed by atoms with Gasteiger partial charge in [0.15, 0.2) is 12.2 Å². The van der Waals surface area contributed by atoms with Crippen LogP contribution in [0.25, 0.3) is 0 Å². The number of carbonyl (C=O) groups is 7. The van der Waals surface area contributed by atoms with E-state index in [0.29, 0.717) is 25.3 Å². The molecule has 3 N–H and O–H groups in total. The molecule has 46 heavy (non-hydrogen) atoms. The van der Waals surface area contributed by atoms with E-state index in [1.807, 2.05) is 67.8 Å². The highest BCUT2D eigenvalue weighted by molar-refractivity contribution is 14.1. The lowest BCUT2D eigenvalue weighted by Gasteiger charge is -2.22. The Balaban J connectivity index is 3.54. The van der Waals surface area contributed by atoms with E-state index in [0.717, 1.165) is 0 Å². The molecule has 0 aliphatic rings. The van der Waals surface area contributed by atoms with Crippen LogP contribution >= 0.6 is 99.6 Å². The molecule has 0 aromatic heterocycles. The number of amides is 3. The SMILES string of the molecule is CC(=O)OCC(CNC(=O)c1c(I)c(NC(=O)C(Br)CCCBr)c(I)c(C(=O)NCC(COC(C)=O)OC(C)=O)c1I)OC(C)=O. The van der Waals surface area contributed by atoms with Gasteiger partial charge < -0.3 is 34.9 Å². The van der Waals surface area contributed by atoms with E-state index in [9.17, 15) is 33.6 Å². The molecule has 0 fully saturated rings. The Morgan fingerprint density at radius 3 is 1.46 bits per heavy atom. The molecule has 0 aliphatic carbocycles. The zero-order chi connectivity index (χ0) is 35.1. The van der Waals surface area contributed by atoms with Crippen molar-refractivity contribution in [3.8, 4) is 0 Å². The second-order valence-electron chi connectivity index (χ2n) is 9.34. The summed E-state index contributed by atoms with van der Waals surface area (Å²) >= 11 is 12.4. The Morgan fingerprint density at radius 2 is 1.11 bits per heavy atom. The molecule has 3 amide bonds. The topological polar surface area (TPSA) is 192 Å². The fourth-order valence-electron chi connectivity index (χ4n) is 3.51. The molecule has 256 valence electrons. The summed E-state index contributed by atoms with van der Waals surface area (Å²) in [6, 6.07) is 0. The van der Waals surface area contributed by atoms with E-state index in [1.165, 1.54) is 27.7 Å². The molecule has 0 aliphatic heterocycles. The minimum absolute atomic E-state index is 0.0409. The molecule has 1 aromatic carbocycles. The van der Waals surface area contributed by atoms with Crippen LogP contribution in [0.2, 0.25) is 0 Å². The van der Waals surface area contributed by atoms with Gasteiger partial charge in [0, 0.05) is 36.6 Å². The smallest absolute Gasteiger partial charge is 0.303 e. The average Bonchev–Trinajstić information content (AvgIpc) is 2.95. The number of halogens is 5. The highest BCUT2D eigenvalue weighted by Crippen LogP contribution is 2.36. The summed E-state index contributed by atoms with van der Waals surface area (Å²) in [5.74, 6) is -4.26. The second kappa shape index (κ2) is 21.6. The van der Waals surface area contributed by atoms with Crippen LogP contribution in [0.3, 0.4) is 0 Å².